The highest BCUT2D eigenvalue weighted by molar-refractivity contribution is 7.12. The van der Waals surface area contributed by atoms with E-state index < -0.39 is 0 Å². The van der Waals surface area contributed by atoms with E-state index in [2.05, 4.69) is 26.7 Å². The zero-order valence-electron chi connectivity index (χ0n) is 17.0. The number of furan rings is 1. The molecule has 0 aliphatic carbocycles. The molecule has 4 heterocycles. The molecule has 3 aromatic heterocycles. The Labute approximate surface area is 179 Å². The van der Waals surface area contributed by atoms with E-state index in [0.29, 0.717) is 0 Å². The molecule has 1 aliphatic heterocycles. The van der Waals surface area contributed by atoms with Crippen molar-refractivity contribution < 1.29 is 9.21 Å². The predicted molar refractivity (Wildman–Crippen MR) is 120 cm³/mol. The van der Waals surface area contributed by atoms with Crippen LogP contribution in [0.25, 0.3) is 22.1 Å². The number of anilines is 1. The summed E-state index contributed by atoms with van der Waals surface area (Å²) in [5.74, 6) is 1.01. The SMILES string of the molecule is CCCN(C(=O)c1cccs1)C1CCN(c2ncnc3c2oc2ccccc23)CC1. The average molecular weight is 421 g/mol. The Balaban J connectivity index is 1.37. The second-order valence-electron chi connectivity index (χ2n) is 7.67. The Hall–Kier alpha value is -2.93. The summed E-state index contributed by atoms with van der Waals surface area (Å²) in [5.41, 5.74) is 2.44. The first kappa shape index (κ1) is 19.1. The van der Waals surface area contributed by atoms with E-state index in [1.807, 2.05) is 41.8 Å². The highest BCUT2D eigenvalue weighted by atomic mass is 32.1. The van der Waals surface area contributed by atoms with E-state index in [9.17, 15) is 4.79 Å². The van der Waals surface area contributed by atoms with Crippen LogP contribution in [-0.2, 0) is 0 Å². The molecule has 154 valence electrons. The average Bonchev–Trinajstić information content (AvgIpc) is 3.45. The summed E-state index contributed by atoms with van der Waals surface area (Å²) in [5, 5.41) is 2.98. The number of carbonyl (C=O) groups excluding carboxylic acids is 1. The minimum absolute atomic E-state index is 0.159. The van der Waals surface area contributed by atoms with E-state index in [0.717, 1.165) is 71.7 Å². The maximum absolute atomic E-state index is 13.0. The summed E-state index contributed by atoms with van der Waals surface area (Å²) < 4.78 is 6.11. The van der Waals surface area contributed by atoms with Crippen LogP contribution in [0.1, 0.15) is 35.9 Å². The monoisotopic (exact) mass is 420 g/mol. The highest BCUT2D eigenvalue weighted by Crippen LogP contribution is 2.33. The number of hydrogen-bond acceptors (Lipinski definition) is 6. The number of nitrogens with zero attached hydrogens (tertiary/aromatic N) is 4. The van der Waals surface area contributed by atoms with Gasteiger partial charge in [-0.25, -0.2) is 9.97 Å². The van der Waals surface area contributed by atoms with Crippen LogP contribution in [0.15, 0.2) is 52.5 Å². The minimum Gasteiger partial charge on any atom is -0.450 e. The summed E-state index contributed by atoms with van der Waals surface area (Å²) in [4.78, 5) is 27.2. The minimum atomic E-state index is 0.159. The molecule has 0 unspecified atom stereocenters. The Morgan fingerprint density at radius 3 is 2.80 bits per heavy atom. The van der Waals surface area contributed by atoms with Gasteiger partial charge in [-0.15, -0.1) is 11.3 Å². The fraction of sp³-hybridized carbons (Fsp3) is 0.348. The first-order chi connectivity index (χ1) is 14.8. The summed E-state index contributed by atoms with van der Waals surface area (Å²) >= 11 is 1.52. The molecular formula is C23H24N4O2S. The van der Waals surface area contributed by atoms with Gasteiger partial charge in [-0.3, -0.25) is 4.79 Å². The van der Waals surface area contributed by atoms with Gasteiger partial charge in [0.1, 0.15) is 17.4 Å². The molecule has 0 spiro atoms. The molecule has 1 saturated heterocycles. The third-order valence-corrected chi connectivity index (χ3v) is 6.66. The van der Waals surface area contributed by atoms with Crippen LogP contribution in [0.2, 0.25) is 0 Å². The van der Waals surface area contributed by atoms with E-state index in [-0.39, 0.29) is 11.9 Å². The third kappa shape index (κ3) is 3.33. The number of carbonyl (C=O) groups is 1. The first-order valence-electron chi connectivity index (χ1n) is 10.5. The van der Waals surface area contributed by atoms with Crippen LogP contribution in [0, 0.1) is 0 Å². The Morgan fingerprint density at radius 2 is 2.03 bits per heavy atom. The summed E-state index contributed by atoms with van der Waals surface area (Å²) in [6, 6.07) is 12.1. The van der Waals surface area contributed by atoms with Crippen molar-refractivity contribution in [3.05, 3.63) is 53.0 Å². The van der Waals surface area contributed by atoms with Crippen LogP contribution < -0.4 is 4.90 Å². The third-order valence-electron chi connectivity index (χ3n) is 5.80. The number of fused-ring (bicyclic) bond motifs is 3. The van der Waals surface area contributed by atoms with Crippen LogP contribution in [0.5, 0.6) is 0 Å². The molecule has 4 aromatic rings. The van der Waals surface area contributed by atoms with Gasteiger partial charge in [-0.1, -0.05) is 25.1 Å². The molecule has 1 fully saturated rings. The molecule has 0 N–H and O–H groups in total. The van der Waals surface area contributed by atoms with Crippen molar-refractivity contribution >= 4 is 45.1 Å². The fourth-order valence-corrected chi connectivity index (χ4v) is 5.04. The molecular weight excluding hydrogens is 396 g/mol. The maximum atomic E-state index is 13.0. The standard InChI is InChI=1S/C23H24N4O2S/c1-2-11-27(23(28)19-8-5-14-30-19)16-9-12-26(13-10-16)22-21-20(24-15-25-22)17-6-3-4-7-18(17)29-21/h3-8,14-16H,2,9-13H2,1H3. The second-order valence-corrected chi connectivity index (χ2v) is 8.61. The fourth-order valence-electron chi connectivity index (χ4n) is 4.36. The van der Waals surface area contributed by atoms with Crippen molar-refractivity contribution in [2.75, 3.05) is 24.5 Å². The van der Waals surface area contributed by atoms with Crippen molar-refractivity contribution in [1.82, 2.24) is 14.9 Å². The van der Waals surface area contributed by atoms with Crippen molar-refractivity contribution in [2.45, 2.75) is 32.2 Å². The maximum Gasteiger partial charge on any atom is 0.264 e. The molecule has 7 heteroatoms. The highest BCUT2D eigenvalue weighted by Gasteiger charge is 2.30. The number of piperidine rings is 1. The molecule has 5 rings (SSSR count). The van der Waals surface area contributed by atoms with Gasteiger partial charge in [-0.2, -0.15) is 0 Å². The Kier molecular flexibility index (Phi) is 5.12. The molecule has 30 heavy (non-hydrogen) atoms. The number of hydrogen-bond donors (Lipinski definition) is 0. The van der Waals surface area contributed by atoms with Crippen molar-refractivity contribution in [3.8, 4) is 0 Å². The van der Waals surface area contributed by atoms with E-state index >= 15 is 0 Å². The number of aromatic nitrogens is 2. The molecule has 0 atom stereocenters. The van der Waals surface area contributed by atoms with Crippen LogP contribution in [-0.4, -0.2) is 46.5 Å². The zero-order chi connectivity index (χ0) is 20.5. The lowest BCUT2D eigenvalue weighted by atomic mass is 10.0. The Bertz CT molecular complexity index is 1160. The van der Waals surface area contributed by atoms with E-state index in [4.69, 9.17) is 4.42 Å². The first-order valence-corrected chi connectivity index (χ1v) is 11.4. The summed E-state index contributed by atoms with van der Waals surface area (Å²) in [6.45, 7) is 4.60. The zero-order valence-corrected chi connectivity index (χ0v) is 17.8. The smallest absolute Gasteiger partial charge is 0.264 e. The molecule has 1 aliphatic rings. The number of thiophene rings is 1. The molecule has 0 saturated carbocycles. The molecule has 0 bridgehead atoms. The molecule has 0 radical (unpaired) electrons. The van der Waals surface area contributed by atoms with Gasteiger partial charge in [0.05, 0.1) is 4.88 Å². The van der Waals surface area contributed by atoms with Gasteiger partial charge in [0.15, 0.2) is 11.4 Å². The quantitative estimate of drug-likeness (QED) is 0.457. The molecule has 1 amide bonds. The van der Waals surface area contributed by atoms with E-state index in [1.54, 1.807) is 6.33 Å². The molecule has 6 nitrogen and oxygen atoms in total. The lowest BCUT2D eigenvalue weighted by molar-refractivity contribution is 0.0655. The van der Waals surface area contributed by atoms with Crippen LogP contribution >= 0.6 is 11.3 Å². The van der Waals surface area contributed by atoms with Gasteiger partial charge in [-0.05, 0) is 42.8 Å². The largest absolute Gasteiger partial charge is 0.450 e. The van der Waals surface area contributed by atoms with Gasteiger partial charge in [0, 0.05) is 31.1 Å². The second kappa shape index (κ2) is 8.07. The van der Waals surface area contributed by atoms with Crippen molar-refractivity contribution in [2.24, 2.45) is 0 Å². The van der Waals surface area contributed by atoms with Crippen molar-refractivity contribution in [1.29, 1.82) is 0 Å². The van der Waals surface area contributed by atoms with Gasteiger partial charge in [0.25, 0.3) is 5.91 Å². The summed E-state index contributed by atoms with van der Waals surface area (Å²) in [6.07, 6.45) is 4.42. The number of rotatable bonds is 5. The number of benzene rings is 1. The van der Waals surface area contributed by atoms with Crippen LogP contribution in [0.4, 0.5) is 5.82 Å². The molecule has 1 aromatic carbocycles. The normalized spacial score (nSPS) is 15.2. The lowest BCUT2D eigenvalue weighted by Crippen LogP contribution is -2.47. The van der Waals surface area contributed by atoms with Gasteiger partial charge >= 0.3 is 0 Å². The van der Waals surface area contributed by atoms with Crippen molar-refractivity contribution in [3.63, 3.8) is 0 Å². The van der Waals surface area contributed by atoms with E-state index in [1.165, 1.54) is 11.3 Å². The number of amides is 1. The Morgan fingerprint density at radius 1 is 1.20 bits per heavy atom. The lowest BCUT2D eigenvalue weighted by Gasteiger charge is -2.38. The topological polar surface area (TPSA) is 62.5 Å². The van der Waals surface area contributed by atoms with Crippen LogP contribution in [0.3, 0.4) is 0 Å². The summed E-state index contributed by atoms with van der Waals surface area (Å²) in [7, 11) is 0. The van der Waals surface area contributed by atoms with Gasteiger partial charge < -0.3 is 14.2 Å². The number of para-hydroxylation sites is 1. The predicted octanol–water partition coefficient (Wildman–Crippen LogP) is 4.96. The van der Waals surface area contributed by atoms with Gasteiger partial charge in [0.2, 0.25) is 0 Å².